The topological polar surface area (TPSA) is 35.6 Å². The molecule has 1 atom stereocenters. The molecule has 2 aromatic carbocycles. The van der Waals surface area contributed by atoms with Crippen LogP contribution in [0.2, 0.25) is 0 Å². The minimum atomic E-state index is -0.196. The first-order valence-electron chi connectivity index (χ1n) is 9.68. The maximum absolute atomic E-state index is 13.1. The number of hydrogen-bond acceptors (Lipinski definition) is 3. The normalized spacial score (nSPS) is 16.2. The molecule has 5 heteroatoms. The van der Waals surface area contributed by atoms with Gasteiger partial charge in [0.15, 0.2) is 0 Å². The van der Waals surface area contributed by atoms with Gasteiger partial charge in [-0.1, -0.05) is 19.1 Å². The smallest absolute Gasteiger partial charge is 0.251 e. The number of rotatable bonds is 6. The fourth-order valence-corrected chi connectivity index (χ4v) is 3.25. The van der Waals surface area contributed by atoms with Crippen LogP contribution in [0.3, 0.4) is 0 Å². The van der Waals surface area contributed by atoms with Crippen molar-refractivity contribution < 1.29 is 9.18 Å². The lowest BCUT2D eigenvalue weighted by molar-refractivity contribution is 0.0939. The molecule has 4 nitrogen and oxygen atoms in total. The summed E-state index contributed by atoms with van der Waals surface area (Å²) in [6, 6.07) is 14.8. The maximum Gasteiger partial charge on any atom is 0.251 e. The lowest BCUT2D eigenvalue weighted by Gasteiger charge is -2.36. The van der Waals surface area contributed by atoms with Gasteiger partial charge in [-0.05, 0) is 55.3 Å². The molecule has 2 aromatic rings. The number of nitrogens with zero attached hydrogens (tertiary/aromatic N) is 2. The third-order valence-corrected chi connectivity index (χ3v) is 5.18. The molecule has 0 radical (unpaired) electrons. The third-order valence-electron chi connectivity index (χ3n) is 5.18. The quantitative estimate of drug-likeness (QED) is 0.844. The molecule has 1 aliphatic rings. The predicted octanol–water partition coefficient (Wildman–Crippen LogP) is 3.68. The van der Waals surface area contributed by atoms with Crippen molar-refractivity contribution in [3.8, 4) is 0 Å². The Morgan fingerprint density at radius 2 is 1.67 bits per heavy atom. The number of halogens is 1. The Balaban J connectivity index is 1.50. The fourth-order valence-electron chi connectivity index (χ4n) is 3.25. The highest BCUT2D eigenvalue weighted by molar-refractivity contribution is 5.94. The van der Waals surface area contributed by atoms with Crippen LogP contribution in [0.4, 0.5) is 10.1 Å². The molecule has 0 aliphatic carbocycles. The molecule has 0 bridgehead atoms. The summed E-state index contributed by atoms with van der Waals surface area (Å²) >= 11 is 0. The molecule has 144 valence electrons. The summed E-state index contributed by atoms with van der Waals surface area (Å²) in [5, 5.41) is 2.99. The number of piperazine rings is 1. The summed E-state index contributed by atoms with van der Waals surface area (Å²) in [5.41, 5.74) is 3.00. The van der Waals surface area contributed by atoms with E-state index in [1.807, 2.05) is 43.3 Å². The molecule has 3 rings (SSSR count). The van der Waals surface area contributed by atoms with Crippen molar-refractivity contribution in [3.63, 3.8) is 0 Å². The largest absolute Gasteiger partial charge is 0.369 e. The van der Waals surface area contributed by atoms with Crippen molar-refractivity contribution >= 4 is 11.6 Å². The molecule has 1 N–H and O–H groups in total. The van der Waals surface area contributed by atoms with Crippen molar-refractivity contribution in [2.24, 2.45) is 0 Å². The molecule has 0 spiro atoms. The molecule has 0 aromatic heterocycles. The number of carbonyl (C=O) groups excluding carboxylic acids is 1. The Kier molecular flexibility index (Phi) is 6.45. The molecular formula is C22H28FN3O. The van der Waals surface area contributed by atoms with E-state index >= 15 is 0 Å². The highest BCUT2D eigenvalue weighted by atomic mass is 19.1. The first-order valence-corrected chi connectivity index (χ1v) is 9.68. The van der Waals surface area contributed by atoms with E-state index in [1.54, 1.807) is 0 Å². The van der Waals surface area contributed by atoms with Gasteiger partial charge in [0.25, 0.3) is 5.91 Å². The fraction of sp³-hybridized carbons (Fsp3) is 0.409. The molecule has 1 amide bonds. The van der Waals surface area contributed by atoms with Crippen LogP contribution in [-0.2, 0) is 6.54 Å². The SMILES string of the molecule is CC[C@@H](C)NC(=O)c1ccc(CN2CCN(c3ccc(F)cc3)CC2)cc1. The zero-order chi connectivity index (χ0) is 19.2. The average Bonchev–Trinajstić information content (AvgIpc) is 2.69. The van der Waals surface area contributed by atoms with E-state index in [1.165, 1.54) is 17.7 Å². The van der Waals surface area contributed by atoms with Crippen molar-refractivity contribution in [1.29, 1.82) is 0 Å². The molecular weight excluding hydrogens is 341 g/mol. The van der Waals surface area contributed by atoms with Gasteiger partial charge in [0, 0.05) is 50.0 Å². The first kappa shape index (κ1) is 19.4. The average molecular weight is 369 g/mol. The van der Waals surface area contributed by atoms with Crippen molar-refractivity contribution in [1.82, 2.24) is 10.2 Å². The second-order valence-corrected chi connectivity index (χ2v) is 7.22. The number of nitrogens with one attached hydrogen (secondary N) is 1. The lowest BCUT2D eigenvalue weighted by atomic mass is 10.1. The lowest BCUT2D eigenvalue weighted by Crippen LogP contribution is -2.45. The van der Waals surface area contributed by atoms with Gasteiger partial charge < -0.3 is 10.2 Å². The summed E-state index contributed by atoms with van der Waals surface area (Å²) in [6.07, 6.45) is 0.924. The Bertz CT molecular complexity index is 737. The van der Waals surface area contributed by atoms with Crippen LogP contribution in [0.25, 0.3) is 0 Å². The minimum absolute atomic E-state index is 0.0104. The number of amides is 1. The second-order valence-electron chi connectivity index (χ2n) is 7.22. The highest BCUT2D eigenvalue weighted by Gasteiger charge is 2.17. The summed E-state index contributed by atoms with van der Waals surface area (Å²) in [4.78, 5) is 16.9. The van der Waals surface area contributed by atoms with Crippen molar-refractivity contribution in [2.45, 2.75) is 32.9 Å². The van der Waals surface area contributed by atoms with E-state index in [0.717, 1.165) is 44.8 Å². The van der Waals surface area contributed by atoms with Gasteiger partial charge in [0.2, 0.25) is 0 Å². The molecule has 0 saturated carbocycles. The third kappa shape index (κ3) is 5.30. The summed E-state index contributed by atoms with van der Waals surface area (Å²) in [5.74, 6) is -0.206. The van der Waals surface area contributed by atoms with E-state index in [0.29, 0.717) is 5.56 Å². The van der Waals surface area contributed by atoms with Crippen molar-refractivity contribution in [3.05, 3.63) is 65.5 Å². The van der Waals surface area contributed by atoms with Gasteiger partial charge >= 0.3 is 0 Å². The van der Waals surface area contributed by atoms with E-state index in [-0.39, 0.29) is 17.8 Å². The van der Waals surface area contributed by atoms with Crippen LogP contribution in [0.15, 0.2) is 48.5 Å². The Morgan fingerprint density at radius 1 is 1.04 bits per heavy atom. The van der Waals surface area contributed by atoms with E-state index < -0.39 is 0 Å². The minimum Gasteiger partial charge on any atom is -0.369 e. The van der Waals surface area contributed by atoms with Crippen LogP contribution < -0.4 is 10.2 Å². The summed E-state index contributed by atoms with van der Waals surface area (Å²) in [6.45, 7) is 8.75. The number of carbonyl (C=O) groups is 1. The Hall–Kier alpha value is -2.40. The van der Waals surface area contributed by atoms with Gasteiger partial charge in [0.1, 0.15) is 5.82 Å². The second kappa shape index (κ2) is 9.00. The number of hydrogen-bond donors (Lipinski definition) is 1. The van der Waals surface area contributed by atoms with Crippen LogP contribution in [0.5, 0.6) is 0 Å². The summed E-state index contributed by atoms with van der Waals surface area (Å²) < 4.78 is 13.1. The number of benzene rings is 2. The van der Waals surface area contributed by atoms with Crippen LogP contribution >= 0.6 is 0 Å². The zero-order valence-electron chi connectivity index (χ0n) is 16.1. The van der Waals surface area contributed by atoms with Gasteiger partial charge in [-0.25, -0.2) is 4.39 Å². The van der Waals surface area contributed by atoms with E-state index in [4.69, 9.17) is 0 Å². The Morgan fingerprint density at radius 3 is 2.26 bits per heavy atom. The molecule has 27 heavy (non-hydrogen) atoms. The molecule has 0 unspecified atom stereocenters. The molecule has 1 saturated heterocycles. The van der Waals surface area contributed by atoms with Gasteiger partial charge in [-0.3, -0.25) is 9.69 Å². The Labute approximate surface area is 161 Å². The van der Waals surface area contributed by atoms with Crippen molar-refractivity contribution in [2.75, 3.05) is 31.1 Å². The molecule has 1 heterocycles. The molecule has 1 aliphatic heterocycles. The first-order chi connectivity index (χ1) is 13.0. The van der Waals surface area contributed by atoms with Gasteiger partial charge in [-0.2, -0.15) is 0 Å². The van der Waals surface area contributed by atoms with Crippen LogP contribution in [0, 0.1) is 5.82 Å². The highest BCUT2D eigenvalue weighted by Crippen LogP contribution is 2.18. The zero-order valence-corrected chi connectivity index (χ0v) is 16.1. The standard InChI is InChI=1S/C22H28FN3O/c1-3-17(2)24-22(27)19-6-4-18(5-7-19)16-25-12-14-26(15-13-25)21-10-8-20(23)9-11-21/h4-11,17H,3,12-16H2,1-2H3,(H,24,27)/t17-/m1/s1. The van der Waals surface area contributed by atoms with Crippen LogP contribution in [0.1, 0.15) is 36.2 Å². The summed E-state index contributed by atoms with van der Waals surface area (Å²) in [7, 11) is 0. The maximum atomic E-state index is 13.1. The number of anilines is 1. The van der Waals surface area contributed by atoms with Gasteiger partial charge in [-0.15, -0.1) is 0 Å². The predicted molar refractivity (Wildman–Crippen MR) is 108 cm³/mol. The van der Waals surface area contributed by atoms with E-state index in [9.17, 15) is 9.18 Å². The monoisotopic (exact) mass is 369 g/mol. The molecule has 1 fully saturated rings. The van der Waals surface area contributed by atoms with E-state index in [2.05, 4.69) is 22.0 Å². The van der Waals surface area contributed by atoms with Gasteiger partial charge in [0.05, 0.1) is 0 Å². The van der Waals surface area contributed by atoms with Crippen LogP contribution in [-0.4, -0.2) is 43.0 Å².